The molecule has 1 aromatic rings. The molecular weight excluding hydrogens is 224 g/mol. The third-order valence-corrected chi connectivity index (χ3v) is 2.14. The van der Waals surface area contributed by atoms with Crippen molar-refractivity contribution in [3.63, 3.8) is 0 Å². The highest BCUT2D eigenvalue weighted by Gasteiger charge is 2.07. The van der Waals surface area contributed by atoms with Crippen LogP contribution in [0.1, 0.15) is 5.56 Å². The Morgan fingerprint density at radius 1 is 1.64 bits per heavy atom. The number of halogens is 1. The summed E-state index contributed by atoms with van der Waals surface area (Å²) in [5, 5.41) is 8.95. The summed E-state index contributed by atoms with van der Waals surface area (Å²) in [6, 6.07) is 7.08. The number of nitrogens with one attached hydrogen (secondary N) is 1. The molecule has 1 radical (unpaired) electrons. The van der Waals surface area contributed by atoms with Crippen LogP contribution in [0.5, 0.6) is 0 Å². The van der Waals surface area contributed by atoms with Crippen molar-refractivity contribution >= 4 is 27.3 Å². The van der Waals surface area contributed by atoms with E-state index in [1.807, 2.05) is 6.07 Å². The van der Waals surface area contributed by atoms with Gasteiger partial charge in [0.25, 0.3) is 0 Å². The molecule has 0 aliphatic rings. The molecule has 0 saturated carbocycles. The summed E-state index contributed by atoms with van der Waals surface area (Å²) >= 11 is 5.58. The normalized spacial score (nSPS) is 10.6. The van der Waals surface area contributed by atoms with Crippen molar-refractivity contribution < 1.29 is 8.42 Å². The molecule has 1 aromatic carbocycles. The Labute approximate surface area is 87.2 Å². The Balaban J connectivity index is 3.17. The Hall–Kier alpha value is -1.25. The molecule has 0 bridgehead atoms. The number of nitriles is 1. The average molecular weight is 230 g/mol. The van der Waals surface area contributed by atoms with Gasteiger partial charge in [0, 0.05) is 11.1 Å². The second-order valence-electron chi connectivity index (χ2n) is 2.59. The van der Waals surface area contributed by atoms with E-state index in [1.165, 1.54) is 12.1 Å². The minimum absolute atomic E-state index is 0.166. The van der Waals surface area contributed by atoms with Crippen molar-refractivity contribution in [1.29, 1.82) is 5.26 Å². The number of benzene rings is 1. The molecule has 0 atom stereocenters. The zero-order valence-corrected chi connectivity index (χ0v) is 8.78. The lowest BCUT2D eigenvalue weighted by Gasteiger charge is -2.05. The second-order valence-corrected chi connectivity index (χ2v) is 4.75. The fraction of sp³-hybridized carbons (Fsp3) is 0.125. The Bertz CT molecular complexity index is 491. The van der Waals surface area contributed by atoms with Gasteiger partial charge >= 0.3 is 0 Å². The predicted molar refractivity (Wildman–Crippen MR) is 53.5 cm³/mol. The monoisotopic (exact) mass is 229 g/mol. The summed E-state index contributed by atoms with van der Waals surface area (Å²) in [6.07, 6.45) is 1.00. The third-order valence-electron chi connectivity index (χ3n) is 1.33. The van der Waals surface area contributed by atoms with Gasteiger partial charge in [-0.25, -0.2) is 8.42 Å². The van der Waals surface area contributed by atoms with Crippen LogP contribution in [-0.4, -0.2) is 14.7 Å². The smallest absolute Gasteiger partial charge is 0.229 e. The maximum absolute atomic E-state index is 10.9. The zero-order valence-electron chi connectivity index (χ0n) is 7.20. The molecule has 0 fully saturated rings. The second kappa shape index (κ2) is 3.86. The van der Waals surface area contributed by atoms with Crippen LogP contribution in [-0.2, 0) is 10.0 Å². The predicted octanol–water partition coefficient (Wildman–Crippen LogP) is 1.38. The highest BCUT2D eigenvalue weighted by Crippen LogP contribution is 2.19. The van der Waals surface area contributed by atoms with E-state index in [2.05, 4.69) is 10.8 Å². The highest BCUT2D eigenvalue weighted by molar-refractivity contribution is 7.92. The lowest BCUT2D eigenvalue weighted by Crippen LogP contribution is -2.10. The van der Waals surface area contributed by atoms with Crippen LogP contribution in [0.15, 0.2) is 12.1 Å². The van der Waals surface area contributed by atoms with Gasteiger partial charge in [0.2, 0.25) is 10.0 Å². The molecule has 1 rings (SSSR count). The van der Waals surface area contributed by atoms with Gasteiger partial charge in [-0.05, 0) is 12.1 Å². The van der Waals surface area contributed by atoms with Gasteiger partial charge in [-0.1, -0.05) is 11.6 Å². The minimum atomic E-state index is -3.39. The summed E-state index contributed by atoms with van der Waals surface area (Å²) in [5.74, 6) is 0. The molecular formula is C8H6ClN2O2S. The van der Waals surface area contributed by atoms with Crippen molar-refractivity contribution in [2.45, 2.75) is 0 Å². The molecule has 0 aliphatic carbocycles. The third kappa shape index (κ3) is 2.91. The van der Waals surface area contributed by atoms with Crippen molar-refractivity contribution in [2.75, 3.05) is 11.0 Å². The first-order chi connectivity index (χ1) is 6.42. The number of hydrogen-bond acceptors (Lipinski definition) is 3. The van der Waals surface area contributed by atoms with Gasteiger partial charge < -0.3 is 0 Å². The number of sulfonamides is 1. The molecule has 4 nitrogen and oxygen atoms in total. The van der Waals surface area contributed by atoms with Crippen LogP contribution in [0.2, 0.25) is 5.02 Å². The molecule has 0 saturated heterocycles. The summed E-state index contributed by atoms with van der Waals surface area (Å²) in [7, 11) is -3.39. The van der Waals surface area contributed by atoms with Crippen LogP contribution in [0, 0.1) is 17.4 Å². The van der Waals surface area contributed by atoms with Gasteiger partial charge in [-0.15, -0.1) is 0 Å². The summed E-state index contributed by atoms with van der Waals surface area (Å²) in [5.41, 5.74) is 0.346. The number of rotatable bonds is 2. The SMILES string of the molecule is CS(=O)(=O)Nc1c[c]c(Cl)cc1C#N. The first-order valence-corrected chi connectivity index (χ1v) is 5.78. The molecule has 0 amide bonds. The van der Waals surface area contributed by atoms with Crippen LogP contribution < -0.4 is 4.72 Å². The first kappa shape index (κ1) is 10.8. The van der Waals surface area contributed by atoms with E-state index in [0.29, 0.717) is 0 Å². The van der Waals surface area contributed by atoms with Crippen LogP contribution in [0.25, 0.3) is 0 Å². The molecule has 14 heavy (non-hydrogen) atoms. The Morgan fingerprint density at radius 3 is 2.79 bits per heavy atom. The fourth-order valence-corrected chi connectivity index (χ4v) is 1.57. The van der Waals surface area contributed by atoms with Crippen LogP contribution in [0.3, 0.4) is 0 Å². The van der Waals surface area contributed by atoms with Crippen molar-refractivity contribution in [3.8, 4) is 6.07 Å². The zero-order chi connectivity index (χ0) is 10.8. The molecule has 6 heteroatoms. The standard InChI is InChI=1S/C8H6ClN2O2S/c1-14(12,13)11-8-3-2-7(9)4-6(8)5-10/h3-4,11H,1H3. The Kier molecular flexibility index (Phi) is 2.99. The van der Waals surface area contributed by atoms with E-state index in [0.717, 1.165) is 6.26 Å². The van der Waals surface area contributed by atoms with Crippen LogP contribution in [0.4, 0.5) is 5.69 Å². The van der Waals surface area contributed by atoms with Gasteiger partial charge in [0.05, 0.1) is 17.5 Å². The largest absolute Gasteiger partial charge is 0.282 e. The van der Waals surface area contributed by atoms with Crippen molar-refractivity contribution in [3.05, 3.63) is 28.8 Å². The number of hydrogen-bond donors (Lipinski definition) is 1. The maximum atomic E-state index is 10.9. The lowest BCUT2D eigenvalue weighted by molar-refractivity contribution is 0.607. The highest BCUT2D eigenvalue weighted by atomic mass is 35.5. The van der Waals surface area contributed by atoms with Gasteiger partial charge in [-0.3, -0.25) is 4.72 Å². The van der Waals surface area contributed by atoms with E-state index in [1.54, 1.807) is 0 Å². The van der Waals surface area contributed by atoms with Gasteiger partial charge in [-0.2, -0.15) is 5.26 Å². The average Bonchev–Trinajstić information content (AvgIpc) is 2.06. The van der Waals surface area contributed by atoms with Gasteiger partial charge in [0.15, 0.2) is 0 Å². The fourth-order valence-electron chi connectivity index (χ4n) is 0.842. The topological polar surface area (TPSA) is 70.0 Å². The molecule has 0 aliphatic heterocycles. The maximum Gasteiger partial charge on any atom is 0.229 e. The minimum Gasteiger partial charge on any atom is -0.282 e. The molecule has 0 aromatic heterocycles. The molecule has 73 valence electrons. The summed E-state index contributed by atoms with van der Waals surface area (Å²) in [6.45, 7) is 0. The van der Waals surface area contributed by atoms with E-state index < -0.39 is 10.0 Å². The number of anilines is 1. The van der Waals surface area contributed by atoms with E-state index in [4.69, 9.17) is 16.9 Å². The molecule has 1 N–H and O–H groups in total. The first-order valence-electron chi connectivity index (χ1n) is 3.51. The van der Waals surface area contributed by atoms with E-state index in [9.17, 15) is 8.42 Å². The number of nitrogens with zero attached hydrogens (tertiary/aromatic N) is 1. The van der Waals surface area contributed by atoms with Crippen molar-refractivity contribution in [2.24, 2.45) is 0 Å². The Morgan fingerprint density at radius 2 is 2.29 bits per heavy atom. The van der Waals surface area contributed by atoms with E-state index >= 15 is 0 Å². The quantitative estimate of drug-likeness (QED) is 0.833. The lowest BCUT2D eigenvalue weighted by atomic mass is 10.2. The molecule has 0 heterocycles. The molecule has 0 unspecified atom stereocenters. The van der Waals surface area contributed by atoms with Crippen molar-refractivity contribution in [1.82, 2.24) is 0 Å². The summed E-state index contributed by atoms with van der Waals surface area (Å²) < 4.78 is 24.0. The van der Waals surface area contributed by atoms with Crippen LogP contribution >= 0.6 is 11.6 Å². The van der Waals surface area contributed by atoms with Gasteiger partial charge in [0.1, 0.15) is 6.07 Å². The summed E-state index contributed by atoms with van der Waals surface area (Å²) in [4.78, 5) is 0. The van der Waals surface area contributed by atoms with E-state index in [-0.39, 0.29) is 16.3 Å². The molecule has 0 spiro atoms.